The summed E-state index contributed by atoms with van der Waals surface area (Å²) in [4.78, 5) is 0. The summed E-state index contributed by atoms with van der Waals surface area (Å²) in [6.07, 6.45) is 1.71. The van der Waals surface area contributed by atoms with Crippen molar-refractivity contribution < 1.29 is 9.47 Å². The van der Waals surface area contributed by atoms with Gasteiger partial charge in [0.15, 0.2) is 5.11 Å². The van der Waals surface area contributed by atoms with E-state index in [4.69, 9.17) is 21.7 Å². The molecule has 0 aliphatic heterocycles. The summed E-state index contributed by atoms with van der Waals surface area (Å²) in [6, 6.07) is 17.4. The summed E-state index contributed by atoms with van der Waals surface area (Å²) >= 11 is 5.34. The molecule has 0 radical (unpaired) electrons. The SMILES string of the molecule is C=CCOc1cccc(NC(=S)NC(C)COc2ccccc2)c1. The van der Waals surface area contributed by atoms with Gasteiger partial charge in [0.2, 0.25) is 0 Å². The molecule has 0 fully saturated rings. The van der Waals surface area contributed by atoms with Gasteiger partial charge in [0.25, 0.3) is 0 Å². The highest BCUT2D eigenvalue weighted by Gasteiger charge is 2.06. The number of rotatable bonds is 8. The van der Waals surface area contributed by atoms with Gasteiger partial charge >= 0.3 is 0 Å². The van der Waals surface area contributed by atoms with Crippen molar-refractivity contribution in [3.8, 4) is 11.5 Å². The smallest absolute Gasteiger partial charge is 0.171 e. The predicted octanol–water partition coefficient (Wildman–Crippen LogP) is 4.01. The number of hydrogen-bond donors (Lipinski definition) is 2. The lowest BCUT2D eigenvalue weighted by Crippen LogP contribution is -2.39. The largest absolute Gasteiger partial charge is 0.491 e. The van der Waals surface area contributed by atoms with E-state index in [1.54, 1.807) is 6.08 Å². The first kappa shape index (κ1) is 17.8. The van der Waals surface area contributed by atoms with Gasteiger partial charge in [-0.2, -0.15) is 0 Å². The lowest BCUT2D eigenvalue weighted by molar-refractivity contribution is 0.287. The van der Waals surface area contributed by atoms with Gasteiger partial charge in [0.05, 0.1) is 6.04 Å². The summed E-state index contributed by atoms with van der Waals surface area (Å²) in [5.74, 6) is 1.61. The number of benzene rings is 2. The van der Waals surface area contributed by atoms with Gasteiger partial charge in [-0.25, -0.2) is 0 Å². The van der Waals surface area contributed by atoms with Crippen molar-refractivity contribution in [1.82, 2.24) is 5.32 Å². The highest BCUT2D eigenvalue weighted by Crippen LogP contribution is 2.17. The van der Waals surface area contributed by atoms with Gasteiger partial charge in [-0.1, -0.05) is 36.9 Å². The highest BCUT2D eigenvalue weighted by atomic mass is 32.1. The summed E-state index contributed by atoms with van der Waals surface area (Å²) < 4.78 is 11.2. The molecule has 4 nitrogen and oxygen atoms in total. The van der Waals surface area contributed by atoms with Crippen molar-refractivity contribution >= 4 is 23.0 Å². The average molecular weight is 342 g/mol. The van der Waals surface area contributed by atoms with E-state index in [2.05, 4.69) is 17.2 Å². The van der Waals surface area contributed by atoms with Crippen molar-refractivity contribution in [3.63, 3.8) is 0 Å². The maximum atomic E-state index is 5.70. The Labute approximate surface area is 148 Å². The van der Waals surface area contributed by atoms with Crippen LogP contribution in [0.15, 0.2) is 67.3 Å². The molecule has 2 N–H and O–H groups in total. The van der Waals surface area contributed by atoms with Crippen molar-refractivity contribution in [2.45, 2.75) is 13.0 Å². The molecule has 0 amide bonds. The van der Waals surface area contributed by atoms with Crippen LogP contribution in [-0.4, -0.2) is 24.4 Å². The molecule has 24 heavy (non-hydrogen) atoms. The fourth-order valence-electron chi connectivity index (χ4n) is 1.99. The summed E-state index contributed by atoms with van der Waals surface area (Å²) in [7, 11) is 0. The maximum Gasteiger partial charge on any atom is 0.171 e. The molecule has 0 saturated heterocycles. The fraction of sp³-hybridized carbons (Fsp3) is 0.211. The second-order valence-electron chi connectivity index (χ2n) is 5.25. The zero-order valence-electron chi connectivity index (χ0n) is 13.7. The quantitative estimate of drug-likeness (QED) is 0.560. The Morgan fingerprint density at radius 1 is 1.12 bits per heavy atom. The first-order valence-electron chi connectivity index (χ1n) is 7.76. The molecular formula is C19H22N2O2S. The third kappa shape index (κ3) is 6.30. The van der Waals surface area contributed by atoms with Crippen LogP contribution < -0.4 is 20.1 Å². The van der Waals surface area contributed by atoms with Crippen LogP contribution >= 0.6 is 12.2 Å². The molecule has 0 saturated carbocycles. The molecular weight excluding hydrogens is 320 g/mol. The van der Waals surface area contributed by atoms with Crippen LogP contribution in [0.5, 0.6) is 11.5 Å². The number of thiocarbonyl (C=S) groups is 1. The monoisotopic (exact) mass is 342 g/mol. The number of hydrogen-bond acceptors (Lipinski definition) is 3. The molecule has 2 rings (SSSR count). The second kappa shape index (κ2) is 9.57. The molecule has 1 atom stereocenters. The summed E-state index contributed by atoms with van der Waals surface area (Å²) in [5.41, 5.74) is 0.866. The third-order valence-corrected chi connectivity index (χ3v) is 3.30. The Hall–Kier alpha value is -2.53. The first-order chi connectivity index (χ1) is 11.7. The second-order valence-corrected chi connectivity index (χ2v) is 5.66. The highest BCUT2D eigenvalue weighted by molar-refractivity contribution is 7.80. The minimum atomic E-state index is 0.0744. The van der Waals surface area contributed by atoms with E-state index in [1.165, 1.54) is 0 Å². The molecule has 126 valence electrons. The fourth-order valence-corrected chi connectivity index (χ4v) is 2.31. The van der Waals surface area contributed by atoms with E-state index in [1.807, 2.05) is 61.5 Å². The lowest BCUT2D eigenvalue weighted by Gasteiger charge is -2.18. The van der Waals surface area contributed by atoms with E-state index in [9.17, 15) is 0 Å². The Balaban J connectivity index is 1.78. The van der Waals surface area contributed by atoms with Gasteiger partial charge in [-0.3, -0.25) is 0 Å². The molecule has 2 aromatic rings. The van der Waals surface area contributed by atoms with Crippen molar-refractivity contribution in [1.29, 1.82) is 0 Å². The van der Waals surface area contributed by atoms with Crippen LogP contribution in [0.1, 0.15) is 6.92 Å². The zero-order chi connectivity index (χ0) is 17.2. The molecule has 5 heteroatoms. The van der Waals surface area contributed by atoms with Crippen LogP contribution in [0.3, 0.4) is 0 Å². The molecule has 2 aromatic carbocycles. The Morgan fingerprint density at radius 3 is 2.62 bits per heavy atom. The lowest BCUT2D eigenvalue weighted by atomic mass is 10.3. The first-order valence-corrected chi connectivity index (χ1v) is 8.17. The van der Waals surface area contributed by atoms with E-state index >= 15 is 0 Å². The topological polar surface area (TPSA) is 42.5 Å². The Morgan fingerprint density at radius 2 is 1.88 bits per heavy atom. The minimum absolute atomic E-state index is 0.0744. The van der Waals surface area contributed by atoms with Gasteiger partial charge in [-0.05, 0) is 43.4 Å². The predicted molar refractivity (Wildman–Crippen MR) is 103 cm³/mol. The standard InChI is InChI=1S/C19H22N2O2S/c1-3-12-22-18-11-7-8-16(13-18)21-19(24)20-15(2)14-23-17-9-5-4-6-10-17/h3-11,13,15H,1,12,14H2,2H3,(H2,20,21,24). The van der Waals surface area contributed by atoms with E-state index in [0.29, 0.717) is 18.3 Å². The third-order valence-electron chi connectivity index (χ3n) is 3.08. The Bertz CT molecular complexity index is 661. The molecule has 0 aliphatic rings. The number of anilines is 1. The zero-order valence-corrected chi connectivity index (χ0v) is 14.5. The summed E-state index contributed by atoms with van der Waals surface area (Å²) in [6.45, 7) is 6.64. The van der Waals surface area contributed by atoms with Crippen LogP contribution in [0.4, 0.5) is 5.69 Å². The average Bonchev–Trinajstić information content (AvgIpc) is 2.59. The normalized spacial score (nSPS) is 11.2. The minimum Gasteiger partial charge on any atom is -0.491 e. The van der Waals surface area contributed by atoms with E-state index in [0.717, 1.165) is 17.2 Å². The number of para-hydroxylation sites is 1. The molecule has 0 aromatic heterocycles. The van der Waals surface area contributed by atoms with Crippen LogP contribution in [0.25, 0.3) is 0 Å². The van der Waals surface area contributed by atoms with Gasteiger partial charge < -0.3 is 20.1 Å². The van der Waals surface area contributed by atoms with Crippen LogP contribution in [0, 0.1) is 0 Å². The maximum absolute atomic E-state index is 5.70. The van der Waals surface area contributed by atoms with Crippen molar-refractivity contribution in [2.24, 2.45) is 0 Å². The van der Waals surface area contributed by atoms with E-state index < -0.39 is 0 Å². The molecule has 0 bridgehead atoms. The van der Waals surface area contributed by atoms with Gasteiger partial charge in [-0.15, -0.1) is 0 Å². The van der Waals surface area contributed by atoms with E-state index in [-0.39, 0.29) is 6.04 Å². The summed E-state index contributed by atoms with van der Waals surface area (Å²) in [5, 5.41) is 6.89. The molecule has 0 heterocycles. The van der Waals surface area contributed by atoms with Gasteiger partial charge in [0, 0.05) is 11.8 Å². The molecule has 0 aliphatic carbocycles. The van der Waals surface area contributed by atoms with Crippen LogP contribution in [0.2, 0.25) is 0 Å². The van der Waals surface area contributed by atoms with Crippen molar-refractivity contribution in [2.75, 3.05) is 18.5 Å². The number of nitrogens with one attached hydrogen (secondary N) is 2. The molecule has 0 spiro atoms. The van der Waals surface area contributed by atoms with Crippen LogP contribution in [-0.2, 0) is 0 Å². The van der Waals surface area contributed by atoms with Crippen molar-refractivity contribution in [3.05, 3.63) is 67.3 Å². The Kier molecular flexibility index (Phi) is 7.11. The molecule has 1 unspecified atom stereocenters. The number of ether oxygens (including phenoxy) is 2. The van der Waals surface area contributed by atoms with Gasteiger partial charge in [0.1, 0.15) is 24.7 Å².